The maximum Gasteiger partial charge on any atom is 0.246 e. The molecule has 0 aromatic rings. The first-order valence-corrected chi connectivity index (χ1v) is 4.18. The monoisotopic (exact) mass is 169 g/mol. The van der Waals surface area contributed by atoms with Crippen LogP contribution in [0.4, 0.5) is 0 Å². The van der Waals surface area contributed by atoms with Gasteiger partial charge in [0.05, 0.1) is 0 Å². The number of rotatable bonds is 1. The molecule has 12 heavy (non-hydrogen) atoms. The molecule has 1 unspecified atom stereocenters. The molecule has 1 aliphatic heterocycles. The minimum Gasteiger partial charge on any atom is -0.336 e. The van der Waals surface area contributed by atoms with Crippen LogP contribution < -0.4 is 0 Å². The summed E-state index contributed by atoms with van der Waals surface area (Å²) in [7, 11) is 0. The number of hydrogen-bond acceptors (Lipinski definition) is 1. The van der Waals surface area contributed by atoms with Crippen LogP contribution in [-0.4, -0.2) is 23.4 Å². The van der Waals surface area contributed by atoms with Crippen LogP contribution in [0.3, 0.4) is 0 Å². The number of nitrogens with zero attached hydrogens (tertiary/aromatic N) is 1. The lowest BCUT2D eigenvalue weighted by atomic mass is 10.0. The smallest absolute Gasteiger partial charge is 0.246 e. The van der Waals surface area contributed by atoms with Crippen LogP contribution in [0.5, 0.6) is 0 Å². The standard InChI is InChI=1S/C9H15NO.CH4/c1-3-9(11)10-7-5-4-6-8(10)2;/h3,8H,1,4-7H2,2H3;1H4. The first-order chi connectivity index (χ1) is 5.25. The topological polar surface area (TPSA) is 20.3 Å². The zero-order valence-corrected chi connectivity index (χ0v) is 7.05. The lowest BCUT2D eigenvalue weighted by Gasteiger charge is -2.32. The van der Waals surface area contributed by atoms with Gasteiger partial charge in [0.25, 0.3) is 0 Å². The SMILES string of the molecule is C.C=CC(=O)N1CCCCC1C. The van der Waals surface area contributed by atoms with Gasteiger partial charge in [0.1, 0.15) is 0 Å². The van der Waals surface area contributed by atoms with E-state index in [1.54, 1.807) is 0 Å². The van der Waals surface area contributed by atoms with Crippen molar-refractivity contribution in [1.82, 2.24) is 4.90 Å². The summed E-state index contributed by atoms with van der Waals surface area (Å²) in [5.74, 6) is 0.0807. The molecule has 0 saturated carbocycles. The molecule has 0 radical (unpaired) electrons. The molecule has 70 valence electrons. The Morgan fingerprint density at radius 1 is 1.58 bits per heavy atom. The molecule has 2 nitrogen and oxygen atoms in total. The molecule has 1 saturated heterocycles. The highest BCUT2D eigenvalue weighted by molar-refractivity contribution is 5.87. The van der Waals surface area contributed by atoms with E-state index in [0.717, 1.165) is 19.4 Å². The summed E-state index contributed by atoms with van der Waals surface area (Å²) < 4.78 is 0. The normalized spacial score (nSPS) is 22.8. The molecule has 0 aliphatic carbocycles. The fourth-order valence-electron chi connectivity index (χ4n) is 1.54. The van der Waals surface area contributed by atoms with Gasteiger partial charge in [0.2, 0.25) is 5.91 Å². The molecule has 1 atom stereocenters. The Morgan fingerprint density at radius 2 is 2.25 bits per heavy atom. The van der Waals surface area contributed by atoms with Gasteiger partial charge >= 0.3 is 0 Å². The fourth-order valence-corrected chi connectivity index (χ4v) is 1.54. The van der Waals surface area contributed by atoms with Gasteiger partial charge in [-0.3, -0.25) is 4.79 Å². The quantitative estimate of drug-likeness (QED) is 0.551. The molecule has 0 N–H and O–H groups in total. The molecule has 1 amide bonds. The Labute approximate surface area is 75.3 Å². The molecular formula is C10H19NO. The van der Waals surface area contributed by atoms with E-state index in [1.807, 2.05) is 4.90 Å². The first kappa shape index (κ1) is 11.2. The largest absolute Gasteiger partial charge is 0.336 e. The second-order valence-electron chi connectivity index (χ2n) is 3.08. The predicted molar refractivity (Wildman–Crippen MR) is 52.0 cm³/mol. The minimum absolute atomic E-state index is 0. The number of carbonyl (C=O) groups is 1. The number of likely N-dealkylation sites (tertiary alicyclic amines) is 1. The summed E-state index contributed by atoms with van der Waals surface area (Å²) >= 11 is 0. The van der Waals surface area contributed by atoms with E-state index < -0.39 is 0 Å². The van der Waals surface area contributed by atoms with Gasteiger partial charge in [-0.2, -0.15) is 0 Å². The van der Waals surface area contributed by atoms with Crippen LogP contribution in [-0.2, 0) is 4.79 Å². The molecule has 0 aromatic heterocycles. The molecule has 0 spiro atoms. The summed E-state index contributed by atoms with van der Waals surface area (Å²) in [6.07, 6.45) is 4.94. The molecule has 1 heterocycles. The van der Waals surface area contributed by atoms with Crippen molar-refractivity contribution in [3.63, 3.8) is 0 Å². The Morgan fingerprint density at radius 3 is 2.75 bits per heavy atom. The lowest BCUT2D eigenvalue weighted by Crippen LogP contribution is -2.40. The molecule has 0 bridgehead atoms. The molecule has 1 fully saturated rings. The zero-order chi connectivity index (χ0) is 8.27. The maximum atomic E-state index is 11.2. The van der Waals surface area contributed by atoms with Crippen molar-refractivity contribution in [3.05, 3.63) is 12.7 Å². The zero-order valence-electron chi connectivity index (χ0n) is 7.05. The second kappa shape index (κ2) is 4.96. The van der Waals surface area contributed by atoms with E-state index in [2.05, 4.69) is 13.5 Å². The first-order valence-electron chi connectivity index (χ1n) is 4.18. The van der Waals surface area contributed by atoms with Gasteiger partial charge in [0, 0.05) is 12.6 Å². The average Bonchev–Trinajstić information content (AvgIpc) is 2.04. The third-order valence-electron chi connectivity index (χ3n) is 2.26. The third kappa shape index (κ3) is 2.36. The van der Waals surface area contributed by atoms with E-state index >= 15 is 0 Å². The highest BCUT2D eigenvalue weighted by Crippen LogP contribution is 2.16. The number of carbonyl (C=O) groups excluding carboxylic acids is 1. The predicted octanol–water partition coefficient (Wildman–Crippen LogP) is 2.21. The summed E-state index contributed by atoms with van der Waals surface area (Å²) in [6, 6.07) is 0.411. The van der Waals surface area contributed by atoms with Crippen molar-refractivity contribution >= 4 is 5.91 Å². The molecule has 0 aromatic carbocycles. The van der Waals surface area contributed by atoms with Crippen LogP contribution in [0.1, 0.15) is 33.6 Å². The van der Waals surface area contributed by atoms with E-state index in [4.69, 9.17) is 0 Å². The van der Waals surface area contributed by atoms with Crippen LogP contribution >= 0.6 is 0 Å². The highest BCUT2D eigenvalue weighted by atomic mass is 16.2. The Kier molecular flexibility index (Phi) is 4.64. The van der Waals surface area contributed by atoms with E-state index in [0.29, 0.717) is 6.04 Å². The molecular weight excluding hydrogens is 150 g/mol. The lowest BCUT2D eigenvalue weighted by molar-refractivity contribution is -0.129. The maximum absolute atomic E-state index is 11.2. The van der Waals surface area contributed by atoms with Crippen molar-refractivity contribution in [1.29, 1.82) is 0 Å². The van der Waals surface area contributed by atoms with Crippen molar-refractivity contribution in [3.8, 4) is 0 Å². The number of amides is 1. The molecule has 1 rings (SSSR count). The summed E-state index contributed by atoms with van der Waals surface area (Å²) in [6.45, 7) is 6.49. The molecule has 2 heteroatoms. The Hall–Kier alpha value is -0.790. The average molecular weight is 169 g/mol. The Balaban J connectivity index is 0.00000121. The molecule has 1 aliphatic rings. The van der Waals surface area contributed by atoms with Gasteiger partial charge < -0.3 is 4.90 Å². The van der Waals surface area contributed by atoms with Crippen molar-refractivity contribution in [2.45, 2.75) is 39.7 Å². The van der Waals surface area contributed by atoms with Crippen molar-refractivity contribution in [2.75, 3.05) is 6.54 Å². The van der Waals surface area contributed by atoms with E-state index in [-0.39, 0.29) is 13.3 Å². The summed E-state index contributed by atoms with van der Waals surface area (Å²) in [4.78, 5) is 13.1. The summed E-state index contributed by atoms with van der Waals surface area (Å²) in [5, 5.41) is 0. The highest BCUT2D eigenvalue weighted by Gasteiger charge is 2.20. The second-order valence-corrected chi connectivity index (χ2v) is 3.08. The van der Waals surface area contributed by atoms with E-state index in [9.17, 15) is 4.79 Å². The van der Waals surface area contributed by atoms with Crippen molar-refractivity contribution in [2.24, 2.45) is 0 Å². The van der Waals surface area contributed by atoms with Crippen molar-refractivity contribution < 1.29 is 4.79 Å². The van der Waals surface area contributed by atoms with Crippen LogP contribution in [0, 0.1) is 0 Å². The van der Waals surface area contributed by atoms with Gasteiger partial charge in [0.15, 0.2) is 0 Å². The minimum atomic E-state index is 0. The van der Waals surface area contributed by atoms with Crippen LogP contribution in [0.15, 0.2) is 12.7 Å². The fraction of sp³-hybridized carbons (Fsp3) is 0.700. The Bertz CT molecular complexity index is 165. The van der Waals surface area contributed by atoms with Crippen LogP contribution in [0.2, 0.25) is 0 Å². The summed E-state index contributed by atoms with van der Waals surface area (Å²) in [5.41, 5.74) is 0. The van der Waals surface area contributed by atoms with Gasteiger partial charge in [-0.25, -0.2) is 0 Å². The number of piperidine rings is 1. The van der Waals surface area contributed by atoms with E-state index in [1.165, 1.54) is 12.5 Å². The van der Waals surface area contributed by atoms with Gasteiger partial charge in [-0.05, 0) is 32.3 Å². The van der Waals surface area contributed by atoms with Crippen LogP contribution in [0.25, 0.3) is 0 Å². The van der Waals surface area contributed by atoms with Gasteiger partial charge in [-0.15, -0.1) is 0 Å². The number of hydrogen-bond donors (Lipinski definition) is 0. The third-order valence-corrected chi connectivity index (χ3v) is 2.26. The van der Waals surface area contributed by atoms with Gasteiger partial charge in [-0.1, -0.05) is 14.0 Å².